The van der Waals surface area contributed by atoms with E-state index in [0.29, 0.717) is 29.2 Å². The molecule has 1 saturated carbocycles. The standard InChI is InChI=1S/C19H19N5O2/c20-17(25)15(10-11-4-5-11)23-19(26)13-2-1-3-14-16(13)24-18(22-14)12-6-8-21-9-7-12/h1-3,6-9,11,15H,4-5,10H2,(H2,20,25)(H,22,24)(H,23,26)/t15-/m0/s1. The Kier molecular flexibility index (Phi) is 4.12. The molecule has 0 aliphatic heterocycles. The summed E-state index contributed by atoms with van der Waals surface area (Å²) in [6.07, 6.45) is 6.14. The van der Waals surface area contributed by atoms with Crippen molar-refractivity contribution < 1.29 is 9.59 Å². The molecule has 7 heteroatoms. The molecule has 1 aliphatic carbocycles. The van der Waals surface area contributed by atoms with Gasteiger partial charge < -0.3 is 16.0 Å². The van der Waals surface area contributed by atoms with Crippen LogP contribution in [0.2, 0.25) is 0 Å². The number of carbonyl (C=O) groups is 2. The van der Waals surface area contributed by atoms with Crippen molar-refractivity contribution in [2.75, 3.05) is 0 Å². The van der Waals surface area contributed by atoms with Crippen LogP contribution in [0.1, 0.15) is 29.6 Å². The summed E-state index contributed by atoms with van der Waals surface area (Å²) < 4.78 is 0. The van der Waals surface area contributed by atoms with Crippen LogP contribution in [0.4, 0.5) is 0 Å². The number of amides is 2. The highest BCUT2D eigenvalue weighted by atomic mass is 16.2. The maximum atomic E-state index is 12.7. The number of fused-ring (bicyclic) bond motifs is 1. The fourth-order valence-corrected chi connectivity index (χ4v) is 3.03. The van der Waals surface area contributed by atoms with Gasteiger partial charge >= 0.3 is 0 Å². The Morgan fingerprint density at radius 2 is 2.00 bits per heavy atom. The summed E-state index contributed by atoms with van der Waals surface area (Å²) in [4.78, 5) is 36.2. The number of nitrogens with one attached hydrogen (secondary N) is 2. The number of imidazole rings is 1. The molecular formula is C19H19N5O2. The zero-order chi connectivity index (χ0) is 18.1. The lowest BCUT2D eigenvalue weighted by Crippen LogP contribution is -2.44. The van der Waals surface area contributed by atoms with E-state index in [1.165, 1.54) is 0 Å². The van der Waals surface area contributed by atoms with E-state index in [1.54, 1.807) is 24.5 Å². The van der Waals surface area contributed by atoms with Gasteiger partial charge in [0.05, 0.1) is 11.1 Å². The number of aromatic amines is 1. The van der Waals surface area contributed by atoms with E-state index in [4.69, 9.17) is 5.73 Å². The highest BCUT2D eigenvalue weighted by Gasteiger charge is 2.29. The predicted octanol–water partition coefficient (Wildman–Crippen LogP) is 2.01. The predicted molar refractivity (Wildman–Crippen MR) is 97.1 cm³/mol. The van der Waals surface area contributed by atoms with Crippen molar-refractivity contribution in [2.45, 2.75) is 25.3 Å². The molecule has 2 amide bonds. The molecule has 0 bridgehead atoms. The molecule has 1 aliphatic rings. The maximum absolute atomic E-state index is 12.7. The van der Waals surface area contributed by atoms with Crippen molar-refractivity contribution >= 4 is 22.8 Å². The number of H-pyrrole nitrogens is 1. The highest BCUT2D eigenvalue weighted by Crippen LogP contribution is 2.33. The Balaban J connectivity index is 1.64. The van der Waals surface area contributed by atoms with Crippen molar-refractivity contribution in [3.8, 4) is 11.4 Å². The van der Waals surface area contributed by atoms with Gasteiger partial charge in [-0.25, -0.2) is 4.98 Å². The van der Waals surface area contributed by atoms with E-state index in [9.17, 15) is 9.59 Å². The minimum absolute atomic E-state index is 0.340. The first-order valence-corrected chi connectivity index (χ1v) is 8.61. The lowest BCUT2D eigenvalue weighted by Gasteiger charge is -2.15. The number of para-hydroxylation sites is 1. The van der Waals surface area contributed by atoms with Crippen LogP contribution in [0.25, 0.3) is 22.4 Å². The second-order valence-corrected chi connectivity index (χ2v) is 6.63. The molecule has 2 heterocycles. The van der Waals surface area contributed by atoms with Gasteiger partial charge in [0.2, 0.25) is 5.91 Å². The Hall–Kier alpha value is -3.22. The van der Waals surface area contributed by atoms with Gasteiger partial charge in [-0.2, -0.15) is 0 Å². The van der Waals surface area contributed by atoms with Crippen molar-refractivity contribution in [3.63, 3.8) is 0 Å². The second kappa shape index (κ2) is 6.59. The molecule has 0 saturated heterocycles. The van der Waals surface area contributed by atoms with Gasteiger partial charge in [-0.15, -0.1) is 0 Å². The number of benzene rings is 1. The van der Waals surface area contributed by atoms with Crippen LogP contribution in [-0.2, 0) is 4.79 Å². The van der Waals surface area contributed by atoms with E-state index >= 15 is 0 Å². The van der Waals surface area contributed by atoms with Crippen LogP contribution in [0, 0.1) is 5.92 Å². The van der Waals surface area contributed by atoms with Crippen LogP contribution in [-0.4, -0.2) is 32.8 Å². The maximum Gasteiger partial charge on any atom is 0.254 e. The van der Waals surface area contributed by atoms with Crippen LogP contribution >= 0.6 is 0 Å². The molecule has 4 rings (SSSR count). The van der Waals surface area contributed by atoms with E-state index in [2.05, 4.69) is 20.3 Å². The molecule has 1 atom stereocenters. The van der Waals surface area contributed by atoms with Crippen LogP contribution in [0.5, 0.6) is 0 Å². The largest absolute Gasteiger partial charge is 0.368 e. The second-order valence-electron chi connectivity index (χ2n) is 6.63. The molecule has 7 nitrogen and oxygen atoms in total. The SMILES string of the molecule is NC(=O)[C@H](CC1CC1)NC(=O)c1cccc2[nH]c(-c3ccncc3)nc12. The number of rotatable bonds is 6. The summed E-state index contributed by atoms with van der Waals surface area (Å²) >= 11 is 0. The van der Waals surface area contributed by atoms with E-state index in [1.807, 2.05) is 18.2 Å². The van der Waals surface area contributed by atoms with Gasteiger partial charge in [-0.3, -0.25) is 14.6 Å². The number of primary amides is 1. The molecule has 0 radical (unpaired) electrons. The number of hydrogen-bond acceptors (Lipinski definition) is 4. The summed E-state index contributed by atoms with van der Waals surface area (Å²) in [6, 6.07) is 8.38. The molecular weight excluding hydrogens is 330 g/mol. The highest BCUT2D eigenvalue weighted by molar-refractivity contribution is 6.06. The lowest BCUT2D eigenvalue weighted by molar-refractivity contribution is -0.120. The fourth-order valence-electron chi connectivity index (χ4n) is 3.03. The average molecular weight is 349 g/mol. The number of carbonyl (C=O) groups excluding carboxylic acids is 2. The number of pyridine rings is 1. The van der Waals surface area contributed by atoms with Gasteiger partial charge in [0.15, 0.2) is 0 Å². The van der Waals surface area contributed by atoms with Crippen molar-refractivity contribution in [1.29, 1.82) is 0 Å². The van der Waals surface area contributed by atoms with Crippen molar-refractivity contribution in [1.82, 2.24) is 20.3 Å². The van der Waals surface area contributed by atoms with Crippen LogP contribution in [0.3, 0.4) is 0 Å². The Morgan fingerprint density at radius 3 is 2.69 bits per heavy atom. The Labute approximate surface area is 150 Å². The molecule has 132 valence electrons. The summed E-state index contributed by atoms with van der Waals surface area (Å²) in [5.41, 5.74) is 8.06. The number of hydrogen-bond donors (Lipinski definition) is 3. The third-order valence-electron chi connectivity index (χ3n) is 4.63. The van der Waals surface area contributed by atoms with Gasteiger partial charge in [0.1, 0.15) is 17.4 Å². The zero-order valence-corrected chi connectivity index (χ0v) is 14.1. The monoisotopic (exact) mass is 349 g/mol. The molecule has 1 fully saturated rings. The third-order valence-corrected chi connectivity index (χ3v) is 4.63. The van der Waals surface area contributed by atoms with E-state index in [-0.39, 0.29) is 5.91 Å². The third kappa shape index (κ3) is 3.28. The number of aromatic nitrogens is 3. The topological polar surface area (TPSA) is 114 Å². The summed E-state index contributed by atoms with van der Waals surface area (Å²) in [5.74, 6) is 0.295. The molecule has 1 aromatic carbocycles. The molecule has 0 spiro atoms. The van der Waals surface area contributed by atoms with Crippen molar-refractivity contribution in [3.05, 3.63) is 48.3 Å². The van der Waals surface area contributed by atoms with Gasteiger partial charge in [0.25, 0.3) is 5.91 Å². The summed E-state index contributed by atoms with van der Waals surface area (Å²) in [6.45, 7) is 0. The first-order chi connectivity index (χ1) is 12.6. The normalized spacial score (nSPS) is 14.9. The molecule has 0 unspecified atom stereocenters. The van der Waals surface area contributed by atoms with Crippen LogP contribution in [0.15, 0.2) is 42.7 Å². The number of nitrogens with zero attached hydrogens (tertiary/aromatic N) is 2. The minimum atomic E-state index is -0.649. The van der Waals surface area contributed by atoms with Crippen LogP contribution < -0.4 is 11.1 Å². The van der Waals surface area contributed by atoms with E-state index < -0.39 is 11.9 Å². The molecule has 3 aromatic rings. The summed E-state index contributed by atoms with van der Waals surface area (Å²) in [5, 5.41) is 2.77. The van der Waals surface area contributed by atoms with Gasteiger partial charge in [-0.1, -0.05) is 18.9 Å². The lowest BCUT2D eigenvalue weighted by atomic mass is 10.1. The fraction of sp³-hybridized carbons (Fsp3) is 0.263. The first kappa shape index (κ1) is 16.3. The minimum Gasteiger partial charge on any atom is -0.368 e. The Morgan fingerprint density at radius 1 is 1.23 bits per heavy atom. The molecule has 26 heavy (non-hydrogen) atoms. The quantitative estimate of drug-likeness (QED) is 0.631. The number of nitrogens with two attached hydrogens (primary N) is 1. The smallest absolute Gasteiger partial charge is 0.254 e. The molecule has 2 aromatic heterocycles. The average Bonchev–Trinajstić information content (AvgIpc) is 3.36. The first-order valence-electron chi connectivity index (χ1n) is 8.61. The molecule has 4 N–H and O–H groups in total. The van der Waals surface area contributed by atoms with Gasteiger partial charge in [0, 0.05) is 18.0 Å². The Bertz CT molecular complexity index is 962. The van der Waals surface area contributed by atoms with Gasteiger partial charge in [-0.05, 0) is 36.6 Å². The zero-order valence-electron chi connectivity index (χ0n) is 14.1. The van der Waals surface area contributed by atoms with Crippen molar-refractivity contribution in [2.24, 2.45) is 11.7 Å². The summed E-state index contributed by atoms with van der Waals surface area (Å²) in [7, 11) is 0. The van der Waals surface area contributed by atoms with E-state index in [0.717, 1.165) is 23.9 Å².